The molecule has 0 atom stereocenters. The highest BCUT2D eigenvalue weighted by molar-refractivity contribution is 7.23. The highest BCUT2D eigenvalue weighted by Gasteiger charge is 2.17. The van der Waals surface area contributed by atoms with E-state index in [9.17, 15) is 4.79 Å². The second-order valence-corrected chi connectivity index (χ2v) is 5.81. The van der Waals surface area contributed by atoms with Crippen molar-refractivity contribution in [1.29, 1.82) is 0 Å². The zero-order valence-electron chi connectivity index (χ0n) is 11.5. The first-order valence-corrected chi connectivity index (χ1v) is 7.67. The van der Waals surface area contributed by atoms with Crippen LogP contribution in [0.1, 0.15) is 0 Å². The summed E-state index contributed by atoms with van der Waals surface area (Å²) in [5, 5.41) is 5.60. The first kappa shape index (κ1) is 13.1. The largest absolute Gasteiger partial charge is 0.494 e. The Morgan fingerprint density at radius 3 is 2.95 bits per heavy atom. The summed E-state index contributed by atoms with van der Waals surface area (Å²) in [7, 11) is 0. The molecular weight excluding hydrogens is 300 g/mol. The zero-order chi connectivity index (χ0) is 14.9. The van der Waals surface area contributed by atoms with Gasteiger partial charge in [0.25, 0.3) is 5.91 Å². The van der Waals surface area contributed by atoms with Gasteiger partial charge in [0.15, 0.2) is 5.13 Å². The molecule has 4 rings (SSSR count). The smallest absolute Gasteiger partial charge is 0.295 e. The first-order valence-electron chi connectivity index (χ1n) is 6.85. The van der Waals surface area contributed by atoms with Crippen LogP contribution in [0.15, 0.2) is 48.4 Å². The Balaban J connectivity index is 1.69. The number of nitrogens with one attached hydrogen (secondary N) is 1. The molecule has 22 heavy (non-hydrogen) atoms. The molecule has 1 amide bonds. The van der Waals surface area contributed by atoms with E-state index >= 15 is 0 Å². The molecule has 0 bridgehead atoms. The molecule has 1 aliphatic rings. The number of aromatic nitrogens is 1. The summed E-state index contributed by atoms with van der Waals surface area (Å²) in [6, 6.07) is 12.1. The summed E-state index contributed by atoms with van der Waals surface area (Å²) in [6.07, 6.45) is 1.33. The molecule has 1 aromatic heterocycles. The van der Waals surface area contributed by atoms with Crippen molar-refractivity contribution in [1.82, 2.24) is 4.98 Å². The van der Waals surface area contributed by atoms with Gasteiger partial charge in [-0.05, 0) is 11.5 Å². The number of amides is 1. The zero-order valence-corrected chi connectivity index (χ0v) is 12.4. The fourth-order valence-electron chi connectivity index (χ4n) is 2.36. The number of benzene rings is 2. The van der Waals surface area contributed by atoms with Crippen LogP contribution in [0.25, 0.3) is 21.0 Å². The Morgan fingerprint density at radius 2 is 2.09 bits per heavy atom. The van der Waals surface area contributed by atoms with Crippen molar-refractivity contribution in [2.75, 3.05) is 18.5 Å². The molecule has 2 aromatic carbocycles. The van der Waals surface area contributed by atoms with Gasteiger partial charge in [-0.25, -0.2) is 4.98 Å². The minimum Gasteiger partial charge on any atom is -0.494 e. The van der Waals surface area contributed by atoms with Crippen LogP contribution in [0, 0.1) is 0 Å². The maximum Gasteiger partial charge on any atom is 0.295 e. The maximum absolute atomic E-state index is 12.1. The molecule has 0 spiro atoms. The van der Waals surface area contributed by atoms with E-state index in [4.69, 9.17) is 9.47 Å². The third-order valence-corrected chi connectivity index (χ3v) is 4.39. The van der Waals surface area contributed by atoms with Gasteiger partial charge in [-0.3, -0.25) is 10.1 Å². The first-order chi connectivity index (χ1) is 10.8. The van der Waals surface area contributed by atoms with Gasteiger partial charge in [0, 0.05) is 5.39 Å². The van der Waals surface area contributed by atoms with Gasteiger partial charge in [0.2, 0.25) is 5.76 Å². The van der Waals surface area contributed by atoms with Crippen molar-refractivity contribution >= 4 is 43.4 Å². The van der Waals surface area contributed by atoms with E-state index in [0.29, 0.717) is 18.3 Å². The van der Waals surface area contributed by atoms with Crippen LogP contribution in [-0.2, 0) is 14.3 Å². The lowest BCUT2D eigenvalue weighted by Gasteiger charge is -2.14. The maximum atomic E-state index is 12.1. The number of hydrogen-bond acceptors (Lipinski definition) is 5. The van der Waals surface area contributed by atoms with Crippen LogP contribution in [0.2, 0.25) is 0 Å². The minimum absolute atomic E-state index is 0.176. The summed E-state index contributed by atoms with van der Waals surface area (Å²) in [5.74, 6) is -0.168. The Hall–Kier alpha value is -2.60. The summed E-state index contributed by atoms with van der Waals surface area (Å²) in [6.45, 7) is 0.841. The molecule has 0 radical (unpaired) electrons. The van der Waals surface area contributed by atoms with Crippen molar-refractivity contribution < 1.29 is 14.3 Å². The lowest BCUT2D eigenvalue weighted by molar-refractivity contribution is -0.117. The lowest BCUT2D eigenvalue weighted by Crippen LogP contribution is -2.20. The molecule has 0 aliphatic carbocycles. The molecule has 1 aliphatic heterocycles. The summed E-state index contributed by atoms with van der Waals surface area (Å²) in [5.41, 5.74) is 0.869. The summed E-state index contributed by atoms with van der Waals surface area (Å²) < 4.78 is 11.4. The number of ether oxygens (including phenoxy) is 2. The minimum atomic E-state index is -0.344. The normalized spacial score (nSPS) is 14.3. The molecule has 2 heterocycles. The van der Waals surface area contributed by atoms with E-state index in [1.807, 2.05) is 24.3 Å². The van der Waals surface area contributed by atoms with Crippen LogP contribution < -0.4 is 5.32 Å². The van der Waals surface area contributed by atoms with E-state index in [0.717, 1.165) is 21.0 Å². The third kappa shape index (κ3) is 2.27. The number of carbonyl (C=O) groups excluding carboxylic acids is 1. The molecule has 0 saturated heterocycles. The van der Waals surface area contributed by atoms with E-state index in [-0.39, 0.29) is 11.7 Å². The van der Waals surface area contributed by atoms with Gasteiger partial charge < -0.3 is 9.47 Å². The SMILES string of the molecule is O=C(Nc1nc2ccc3ccccc3c2s1)C1=COCCO1. The van der Waals surface area contributed by atoms with Crippen molar-refractivity contribution in [2.24, 2.45) is 0 Å². The molecule has 110 valence electrons. The van der Waals surface area contributed by atoms with Crippen LogP contribution in [0.3, 0.4) is 0 Å². The second-order valence-electron chi connectivity index (χ2n) is 4.81. The molecule has 0 unspecified atom stereocenters. The van der Waals surface area contributed by atoms with E-state index in [1.54, 1.807) is 0 Å². The molecule has 3 aromatic rings. The molecule has 0 fully saturated rings. The summed E-state index contributed by atoms with van der Waals surface area (Å²) >= 11 is 1.45. The highest BCUT2D eigenvalue weighted by Crippen LogP contribution is 2.32. The number of carbonyl (C=O) groups is 1. The Kier molecular flexibility index (Phi) is 3.16. The molecule has 1 N–H and O–H groups in total. The van der Waals surface area contributed by atoms with Gasteiger partial charge in [-0.2, -0.15) is 0 Å². The fraction of sp³-hybridized carbons (Fsp3) is 0.125. The predicted octanol–water partition coefficient (Wildman–Crippen LogP) is 3.28. The third-order valence-electron chi connectivity index (χ3n) is 3.37. The number of anilines is 1. The lowest BCUT2D eigenvalue weighted by atomic mass is 10.1. The number of fused-ring (bicyclic) bond motifs is 3. The monoisotopic (exact) mass is 312 g/mol. The van der Waals surface area contributed by atoms with Gasteiger partial charge in [0.1, 0.15) is 19.5 Å². The number of thiazole rings is 1. The van der Waals surface area contributed by atoms with E-state index < -0.39 is 0 Å². The molecular formula is C16H12N2O3S. The van der Waals surface area contributed by atoms with Crippen molar-refractivity contribution in [3.8, 4) is 0 Å². The molecule has 0 saturated carbocycles. The number of nitrogens with zero attached hydrogens (tertiary/aromatic N) is 1. The Labute approximate surface area is 130 Å². The average Bonchev–Trinajstić information content (AvgIpc) is 2.98. The quantitative estimate of drug-likeness (QED) is 0.789. The number of rotatable bonds is 2. The van der Waals surface area contributed by atoms with Crippen molar-refractivity contribution in [3.63, 3.8) is 0 Å². The van der Waals surface area contributed by atoms with Crippen molar-refractivity contribution in [3.05, 3.63) is 48.4 Å². The summed E-state index contributed by atoms with van der Waals surface area (Å²) in [4.78, 5) is 16.6. The molecule has 5 nitrogen and oxygen atoms in total. The predicted molar refractivity (Wildman–Crippen MR) is 85.7 cm³/mol. The van der Waals surface area contributed by atoms with Crippen LogP contribution in [0.4, 0.5) is 5.13 Å². The van der Waals surface area contributed by atoms with Crippen LogP contribution in [0.5, 0.6) is 0 Å². The van der Waals surface area contributed by atoms with Gasteiger partial charge >= 0.3 is 0 Å². The average molecular weight is 312 g/mol. The standard InChI is InChI=1S/C16H12N2O3S/c19-15(13-9-20-7-8-21-13)18-16-17-12-6-5-10-3-1-2-4-11(10)14(12)22-16/h1-6,9H,7-8H2,(H,17,18,19). The Bertz CT molecular complexity index is 901. The van der Waals surface area contributed by atoms with E-state index in [1.165, 1.54) is 17.6 Å². The Morgan fingerprint density at radius 1 is 1.18 bits per heavy atom. The van der Waals surface area contributed by atoms with Crippen molar-refractivity contribution in [2.45, 2.75) is 0 Å². The number of hydrogen-bond donors (Lipinski definition) is 1. The van der Waals surface area contributed by atoms with Gasteiger partial charge in [0.05, 0.1) is 10.2 Å². The fourth-order valence-corrected chi connectivity index (χ4v) is 3.35. The van der Waals surface area contributed by atoms with Gasteiger partial charge in [-0.1, -0.05) is 41.7 Å². The topological polar surface area (TPSA) is 60.5 Å². The molecule has 6 heteroatoms. The van der Waals surface area contributed by atoms with Crippen LogP contribution in [-0.4, -0.2) is 24.1 Å². The second kappa shape index (κ2) is 5.31. The highest BCUT2D eigenvalue weighted by atomic mass is 32.1. The van der Waals surface area contributed by atoms with Crippen LogP contribution >= 0.6 is 11.3 Å². The van der Waals surface area contributed by atoms with Gasteiger partial charge in [-0.15, -0.1) is 0 Å². The van der Waals surface area contributed by atoms with E-state index in [2.05, 4.69) is 22.4 Å².